The van der Waals surface area contributed by atoms with Crippen molar-refractivity contribution in [2.45, 2.75) is 32.7 Å². The van der Waals surface area contributed by atoms with Crippen LogP contribution in [0.2, 0.25) is 0 Å². The molecular formula is C11H21N5O. The molecule has 1 aromatic heterocycles. The smallest absolute Gasteiger partial charge is 0.337 e. The number of hydrogen-bond acceptors (Lipinski definition) is 5. The van der Waals surface area contributed by atoms with E-state index in [4.69, 9.17) is 10.5 Å². The molecule has 1 aliphatic rings. The number of nitrogens with zero attached hydrogens (tertiary/aromatic N) is 3. The van der Waals surface area contributed by atoms with Crippen molar-refractivity contribution in [2.75, 3.05) is 24.6 Å². The van der Waals surface area contributed by atoms with Crippen LogP contribution in [0.5, 0.6) is 6.01 Å². The highest BCUT2D eigenvalue weighted by atomic mass is 16.5. The molecule has 6 nitrogen and oxygen atoms in total. The normalized spacial score (nSPS) is 19.4. The van der Waals surface area contributed by atoms with Crippen LogP contribution in [-0.4, -0.2) is 40.9 Å². The van der Waals surface area contributed by atoms with Crippen LogP contribution < -0.4 is 15.4 Å². The fourth-order valence-electron chi connectivity index (χ4n) is 2.21. The average Bonchev–Trinajstić information content (AvgIpc) is 2.78. The number of nitrogens with one attached hydrogen (secondary N) is 1. The summed E-state index contributed by atoms with van der Waals surface area (Å²) in [6.45, 7) is 6.55. The second-order valence-electron chi connectivity index (χ2n) is 4.56. The number of anilines is 1. The maximum absolute atomic E-state index is 5.92. The highest BCUT2D eigenvalue weighted by Crippen LogP contribution is 2.23. The van der Waals surface area contributed by atoms with E-state index in [0.29, 0.717) is 18.5 Å². The molecular weight excluding hydrogens is 218 g/mol. The molecule has 1 saturated heterocycles. The van der Waals surface area contributed by atoms with Crippen molar-refractivity contribution in [3.05, 3.63) is 0 Å². The molecule has 1 aliphatic heterocycles. The van der Waals surface area contributed by atoms with Gasteiger partial charge < -0.3 is 15.4 Å². The average molecular weight is 239 g/mol. The molecule has 1 unspecified atom stereocenters. The van der Waals surface area contributed by atoms with Crippen molar-refractivity contribution in [2.24, 2.45) is 11.7 Å². The predicted molar refractivity (Wildman–Crippen MR) is 66.1 cm³/mol. The number of hydrogen-bond donors (Lipinski definition) is 2. The number of aromatic nitrogens is 3. The van der Waals surface area contributed by atoms with Crippen molar-refractivity contribution in [1.82, 2.24) is 15.2 Å². The Labute approximate surface area is 102 Å². The molecule has 0 bridgehead atoms. The number of H-pyrrole nitrogens is 1. The lowest BCUT2D eigenvalue weighted by molar-refractivity contribution is 0.313. The van der Waals surface area contributed by atoms with Crippen molar-refractivity contribution in [3.8, 4) is 6.01 Å². The first-order valence-electron chi connectivity index (χ1n) is 6.26. The van der Waals surface area contributed by atoms with Gasteiger partial charge in [-0.05, 0) is 32.6 Å². The van der Waals surface area contributed by atoms with Gasteiger partial charge in [0.05, 0.1) is 6.61 Å². The van der Waals surface area contributed by atoms with E-state index >= 15 is 0 Å². The molecule has 6 heteroatoms. The molecule has 0 aliphatic carbocycles. The molecule has 0 aromatic carbocycles. The minimum absolute atomic E-state index is 0.283. The van der Waals surface area contributed by atoms with Crippen LogP contribution in [0.4, 0.5) is 5.95 Å². The maximum Gasteiger partial charge on any atom is 0.337 e. The maximum atomic E-state index is 5.92. The minimum Gasteiger partial charge on any atom is -0.463 e. The lowest BCUT2D eigenvalue weighted by Gasteiger charge is -2.33. The van der Waals surface area contributed by atoms with Crippen LogP contribution in [0.25, 0.3) is 0 Å². The number of ether oxygens (including phenoxy) is 1. The van der Waals surface area contributed by atoms with E-state index in [1.807, 2.05) is 6.92 Å². The first kappa shape index (κ1) is 12.2. The van der Waals surface area contributed by atoms with E-state index in [-0.39, 0.29) is 6.04 Å². The molecule has 1 aromatic rings. The lowest BCUT2D eigenvalue weighted by Crippen LogP contribution is -2.40. The molecule has 3 N–H and O–H groups in total. The van der Waals surface area contributed by atoms with Gasteiger partial charge in [-0.2, -0.15) is 4.98 Å². The quantitative estimate of drug-likeness (QED) is 0.811. The molecule has 2 heterocycles. The summed E-state index contributed by atoms with van der Waals surface area (Å²) < 4.78 is 5.24. The summed E-state index contributed by atoms with van der Waals surface area (Å²) in [4.78, 5) is 6.50. The summed E-state index contributed by atoms with van der Waals surface area (Å²) in [5.74, 6) is 1.43. The third kappa shape index (κ3) is 2.88. The standard InChI is InChI=1S/C11H21N5O/c1-3-17-11-13-10(14-15-11)16-6-4-9(5-7-16)8(2)12/h8-9H,3-7,12H2,1-2H3,(H,13,14,15). The first-order valence-corrected chi connectivity index (χ1v) is 6.26. The van der Waals surface area contributed by atoms with Crippen LogP contribution in [0, 0.1) is 5.92 Å². The number of nitrogens with two attached hydrogens (primary N) is 1. The molecule has 0 amide bonds. The van der Waals surface area contributed by atoms with Gasteiger partial charge in [-0.1, -0.05) is 0 Å². The van der Waals surface area contributed by atoms with Crippen molar-refractivity contribution in [1.29, 1.82) is 0 Å². The summed E-state index contributed by atoms with van der Waals surface area (Å²) in [6, 6.07) is 0.711. The van der Waals surface area contributed by atoms with Gasteiger partial charge in [0.1, 0.15) is 0 Å². The Morgan fingerprint density at radius 3 is 2.82 bits per heavy atom. The molecule has 17 heavy (non-hydrogen) atoms. The molecule has 2 rings (SSSR count). The summed E-state index contributed by atoms with van der Waals surface area (Å²) in [7, 11) is 0. The third-order valence-electron chi connectivity index (χ3n) is 3.31. The van der Waals surface area contributed by atoms with Crippen LogP contribution >= 0.6 is 0 Å². The lowest BCUT2D eigenvalue weighted by atomic mass is 9.91. The molecule has 1 atom stereocenters. The summed E-state index contributed by atoms with van der Waals surface area (Å²) in [5, 5.41) is 6.92. The van der Waals surface area contributed by atoms with E-state index in [2.05, 4.69) is 27.0 Å². The topological polar surface area (TPSA) is 80.1 Å². The van der Waals surface area contributed by atoms with E-state index in [9.17, 15) is 0 Å². The van der Waals surface area contributed by atoms with Gasteiger partial charge in [-0.15, -0.1) is 5.10 Å². The summed E-state index contributed by atoms with van der Waals surface area (Å²) in [6.07, 6.45) is 2.23. The summed E-state index contributed by atoms with van der Waals surface area (Å²) >= 11 is 0. The Kier molecular flexibility index (Phi) is 3.83. The zero-order valence-electron chi connectivity index (χ0n) is 10.5. The van der Waals surface area contributed by atoms with E-state index < -0.39 is 0 Å². The van der Waals surface area contributed by atoms with Crippen molar-refractivity contribution >= 4 is 5.95 Å². The zero-order valence-corrected chi connectivity index (χ0v) is 10.5. The minimum atomic E-state index is 0.283. The third-order valence-corrected chi connectivity index (χ3v) is 3.31. The largest absolute Gasteiger partial charge is 0.463 e. The second-order valence-corrected chi connectivity index (χ2v) is 4.56. The number of aromatic amines is 1. The van der Waals surface area contributed by atoms with Gasteiger partial charge in [0, 0.05) is 19.1 Å². The molecule has 96 valence electrons. The first-order chi connectivity index (χ1) is 8.20. The van der Waals surface area contributed by atoms with Crippen LogP contribution in [-0.2, 0) is 0 Å². The van der Waals surface area contributed by atoms with Crippen LogP contribution in [0.15, 0.2) is 0 Å². The van der Waals surface area contributed by atoms with Gasteiger partial charge in [0.2, 0.25) is 5.95 Å². The summed E-state index contributed by atoms with van der Waals surface area (Å²) in [5.41, 5.74) is 5.92. The fraction of sp³-hybridized carbons (Fsp3) is 0.818. The van der Waals surface area contributed by atoms with Gasteiger partial charge in [0.15, 0.2) is 0 Å². The van der Waals surface area contributed by atoms with E-state index in [1.54, 1.807) is 0 Å². The molecule has 0 spiro atoms. The van der Waals surface area contributed by atoms with Gasteiger partial charge in [-0.3, -0.25) is 0 Å². The molecule has 1 fully saturated rings. The van der Waals surface area contributed by atoms with E-state index in [1.165, 1.54) is 0 Å². The zero-order chi connectivity index (χ0) is 12.3. The monoisotopic (exact) mass is 239 g/mol. The van der Waals surface area contributed by atoms with E-state index in [0.717, 1.165) is 31.9 Å². The SMILES string of the molecule is CCOc1n[nH]c(N2CCC(C(C)N)CC2)n1. The van der Waals surface area contributed by atoms with Crippen molar-refractivity contribution < 1.29 is 4.74 Å². The van der Waals surface area contributed by atoms with Gasteiger partial charge in [0.25, 0.3) is 0 Å². The highest BCUT2D eigenvalue weighted by molar-refractivity contribution is 5.30. The Hall–Kier alpha value is -1.30. The Balaban J connectivity index is 1.91. The highest BCUT2D eigenvalue weighted by Gasteiger charge is 2.23. The van der Waals surface area contributed by atoms with Gasteiger partial charge in [-0.25, -0.2) is 5.10 Å². The Morgan fingerprint density at radius 2 is 2.24 bits per heavy atom. The van der Waals surface area contributed by atoms with Crippen LogP contribution in [0.1, 0.15) is 26.7 Å². The molecule has 0 radical (unpaired) electrons. The van der Waals surface area contributed by atoms with Crippen molar-refractivity contribution in [3.63, 3.8) is 0 Å². The Morgan fingerprint density at radius 1 is 1.53 bits per heavy atom. The van der Waals surface area contributed by atoms with Gasteiger partial charge >= 0.3 is 6.01 Å². The van der Waals surface area contributed by atoms with Crippen LogP contribution in [0.3, 0.4) is 0 Å². The molecule has 0 saturated carbocycles. The number of piperidine rings is 1. The fourth-order valence-corrected chi connectivity index (χ4v) is 2.21. The Bertz CT molecular complexity index is 343. The predicted octanol–water partition coefficient (Wildman–Crippen LogP) is 0.767. The number of rotatable bonds is 4. The second kappa shape index (κ2) is 5.35.